The summed E-state index contributed by atoms with van der Waals surface area (Å²) in [6, 6.07) is 5.75. The van der Waals surface area contributed by atoms with Crippen molar-refractivity contribution in [2.45, 2.75) is 72.3 Å². The van der Waals surface area contributed by atoms with Crippen molar-refractivity contribution < 1.29 is 24.0 Å². The molecule has 2 rings (SSSR count). The molecule has 0 saturated carbocycles. The van der Waals surface area contributed by atoms with Gasteiger partial charge in [-0.3, -0.25) is 9.59 Å². The molecule has 1 amide bonds. The molecule has 8 heteroatoms. The molecule has 1 fully saturated rings. The van der Waals surface area contributed by atoms with E-state index in [2.05, 4.69) is 5.32 Å². The maximum Gasteiger partial charge on any atom is 0.475 e. The number of carbonyl (C=O) groups is 2. The van der Waals surface area contributed by atoms with E-state index in [4.69, 9.17) is 0 Å². The number of nitrogens with zero attached hydrogens (tertiary/aromatic N) is 1. The average Bonchev–Trinajstić information content (AvgIpc) is 2.59. The molecule has 0 bridgehead atoms. The molecule has 1 saturated heterocycles. The van der Waals surface area contributed by atoms with Crippen molar-refractivity contribution in [2.24, 2.45) is 17.3 Å². The molecule has 1 heterocycles. The highest BCUT2D eigenvalue weighted by Crippen LogP contribution is 2.32. The maximum atomic E-state index is 13.2. The summed E-state index contributed by atoms with van der Waals surface area (Å²) in [5.41, 5.74) is 0.618. The summed E-state index contributed by atoms with van der Waals surface area (Å²) < 4.78 is 13.2. The van der Waals surface area contributed by atoms with Gasteiger partial charge in [-0.2, -0.15) is 0 Å². The molecule has 3 atom stereocenters. The number of Topliss-reactive ketones (excluding diaryl/α,β-unsaturated/α-hetero) is 1. The predicted molar refractivity (Wildman–Crippen MR) is 121 cm³/mol. The van der Waals surface area contributed by atoms with E-state index in [1.165, 1.54) is 12.1 Å². The van der Waals surface area contributed by atoms with Crippen LogP contribution in [0.2, 0.25) is 0 Å². The van der Waals surface area contributed by atoms with Crippen molar-refractivity contribution in [3.8, 4) is 0 Å². The number of benzene rings is 1. The Morgan fingerprint density at radius 3 is 2.29 bits per heavy atom. The van der Waals surface area contributed by atoms with Gasteiger partial charge in [-0.15, -0.1) is 0 Å². The number of ketones is 1. The molecule has 0 aliphatic carbocycles. The molecule has 1 aromatic carbocycles. The average molecular weight is 434 g/mol. The fraction of sp³-hybridized carbons (Fsp3) is 0.652. The Morgan fingerprint density at radius 1 is 1.23 bits per heavy atom. The van der Waals surface area contributed by atoms with Crippen LogP contribution in [-0.4, -0.2) is 47.4 Å². The molecule has 6 nitrogen and oxygen atoms in total. The largest absolute Gasteiger partial charge is 0.475 e. The van der Waals surface area contributed by atoms with E-state index in [0.29, 0.717) is 25.8 Å². The third kappa shape index (κ3) is 7.61. The molecule has 0 unspecified atom stereocenters. The van der Waals surface area contributed by atoms with Crippen LogP contribution in [-0.2, 0) is 9.59 Å². The summed E-state index contributed by atoms with van der Waals surface area (Å²) in [6.45, 7) is 10.6. The predicted octanol–water partition coefficient (Wildman–Crippen LogP) is 2.96. The fourth-order valence-electron chi connectivity index (χ4n) is 4.10. The van der Waals surface area contributed by atoms with Crippen LogP contribution in [0.3, 0.4) is 0 Å². The molecular weight excluding hydrogens is 398 g/mol. The van der Waals surface area contributed by atoms with Gasteiger partial charge in [0.2, 0.25) is 5.91 Å². The Hall–Kier alpha value is -1.93. The van der Waals surface area contributed by atoms with Crippen molar-refractivity contribution in [3.05, 3.63) is 30.1 Å². The molecule has 1 aliphatic rings. The van der Waals surface area contributed by atoms with E-state index in [0.717, 1.165) is 5.69 Å². The van der Waals surface area contributed by atoms with E-state index >= 15 is 0 Å². The van der Waals surface area contributed by atoms with E-state index in [1.807, 2.05) is 39.5 Å². The van der Waals surface area contributed by atoms with Crippen LogP contribution < -0.4 is 10.2 Å². The first-order chi connectivity index (χ1) is 14.4. The minimum atomic E-state index is -1.65. The van der Waals surface area contributed by atoms with Crippen LogP contribution >= 0.6 is 0 Å². The third-order valence-electron chi connectivity index (χ3n) is 5.64. The summed E-state index contributed by atoms with van der Waals surface area (Å²) in [7, 11) is -1.65. The second-order valence-corrected chi connectivity index (χ2v) is 10.3. The topological polar surface area (TPSA) is 89.9 Å². The lowest BCUT2D eigenvalue weighted by atomic mass is 9.74. The van der Waals surface area contributed by atoms with Crippen LogP contribution in [0.1, 0.15) is 60.3 Å². The van der Waals surface area contributed by atoms with Gasteiger partial charge in [0.25, 0.3) is 0 Å². The Bertz CT molecular complexity index is 749. The van der Waals surface area contributed by atoms with Crippen LogP contribution in [0.4, 0.5) is 10.1 Å². The zero-order valence-corrected chi connectivity index (χ0v) is 19.3. The first kappa shape index (κ1) is 25.3. The monoisotopic (exact) mass is 434 g/mol. The molecule has 1 aliphatic heterocycles. The molecule has 1 aromatic rings. The summed E-state index contributed by atoms with van der Waals surface area (Å²) in [5.74, 6) is -1.83. The van der Waals surface area contributed by atoms with Crippen molar-refractivity contribution in [1.82, 2.24) is 5.32 Å². The minimum Gasteiger partial charge on any atom is -0.426 e. The van der Waals surface area contributed by atoms with Crippen molar-refractivity contribution in [1.29, 1.82) is 0 Å². The first-order valence-electron chi connectivity index (χ1n) is 11.1. The van der Waals surface area contributed by atoms with Crippen molar-refractivity contribution in [2.75, 3.05) is 11.4 Å². The first-order valence-corrected chi connectivity index (χ1v) is 11.1. The third-order valence-corrected chi connectivity index (χ3v) is 5.64. The minimum absolute atomic E-state index is 0.0232. The van der Waals surface area contributed by atoms with E-state index < -0.39 is 19.0 Å². The zero-order chi connectivity index (χ0) is 23.3. The Morgan fingerprint density at radius 2 is 1.84 bits per heavy atom. The van der Waals surface area contributed by atoms with Gasteiger partial charge >= 0.3 is 7.12 Å². The number of amides is 1. The fourth-order valence-corrected chi connectivity index (χ4v) is 4.10. The van der Waals surface area contributed by atoms with Crippen molar-refractivity contribution in [3.63, 3.8) is 0 Å². The SMILES string of the molecule is CC(C)C[C@H](NC(=O)[C@@H](CC(=O)[C@@H]1CCN1c1ccc(F)cc1)CC(C)(C)C)B(O)O. The Kier molecular flexibility index (Phi) is 8.66. The van der Waals surface area contributed by atoms with Crippen LogP contribution in [0, 0.1) is 23.1 Å². The van der Waals surface area contributed by atoms with Gasteiger partial charge in [-0.05, 0) is 54.9 Å². The molecule has 0 aromatic heterocycles. The number of anilines is 1. The number of halogens is 1. The highest BCUT2D eigenvalue weighted by Gasteiger charge is 2.38. The lowest BCUT2D eigenvalue weighted by molar-refractivity contribution is -0.131. The Balaban J connectivity index is 2.09. The molecule has 31 heavy (non-hydrogen) atoms. The van der Waals surface area contributed by atoms with Gasteiger partial charge in [0, 0.05) is 24.6 Å². The molecule has 0 spiro atoms. The van der Waals surface area contributed by atoms with E-state index in [1.54, 1.807) is 12.1 Å². The molecule has 3 N–H and O–H groups in total. The number of rotatable bonds is 10. The molecule has 172 valence electrons. The van der Waals surface area contributed by atoms with Gasteiger partial charge in [0.15, 0.2) is 5.78 Å². The lowest BCUT2D eigenvalue weighted by Gasteiger charge is -2.42. The van der Waals surface area contributed by atoms with Gasteiger partial charge in [0.1, 0.15) is 5.82 Å². The van der Waals surface area contributed by atoms with Crippen LogP contribution in [0.25, 0.3) is 0 Å². The smallest absolute Gasteiger partial charge is 0.426 e. The zero-order valence-electron chi connectivity index (χ0n) is 19.3. The summed E-state index contributed by atoms with van der Waals surface area (Å²) in [5, 5.41) is 22.1. The standard InChI is InChI=1S/C23H36BFN2O4/c1-15(2)12-21(24(30)31)26-22(29)16(14-23(3,4)5)13-20(28)19-10-11-27(19)18-8-6-17(25)7-9-18/h6-9,15-16,19,21,30-31H,10-14H2,1-5H3,(H,26,29)/t16-,19-,21-/m0/s1. The van der Waals surface area contributed by atoms with Gasteiger partial charge in [-0.1, -0.05) is 34.6 Å². The van der Waals surface area contributed by atoms with E-state index in [9.17, 15) is 24.0 Å². The molecular formula is C23H36BFN2O4. The normalized spacial score (nSPS) is 18.4. The summed E-state index contributed by atoms with van der Waals surface area (Å²) in [6.07, 6.45) is 1.72. The number of carbonyl (C=O) groups excluding carboxylic acids is 2. The van der Waals surface area contributed by atoms with Gasteiger partial charge in [0.05, 0.1) is 12.0 Å². The highest BCUT2D eigenvalue weighted by molar-refractivity contribution is 6.43. The summed E-state index contributed by atoms with van der Waals surface area (Å²) in [4.78, 5) is 28.0. The number of nitrogens with one attached hydrogen (secondary N) is 1. The second-order valence-electron chi connectivity index (χ2n) is 10.3. The number of hydrogen-bond acceptors (Lipinski definition) is 5. The lowest BCUT2D eigenvalue weighted by Crippen LogP contribution is -2.54. The summed E-state index contributed by atoms with van der Waals surface area (Å²) >= 11 is 0. The quantitative estimate of drug-likeness (QED) is 0.493. The number of hydrogen-bond donors (Lipinski definition) is 3. The van der Waals surface area contributed by atoms with Crippen LogP contribution in [0.5, 0.6) is 0 Å². The second kappa shape index (κ2) is 10.6. The van der Waals surface area contributed by atoms with Gasteiger partial charge in [-0.25, -0.2) is 4.39 Å². The van der Waals surface area contributed by atoms with Crippen molar-refractivity contribution >= 4 is 24.5 Å². The highest BCUT2D eigenvalue weighted by atomic mass is 19.1. The van der Waals surface area contributed by atoms with E-state index in [-0.39, 0.29) is 41.3 Å². The Labute approximate surface area is 185 Å². The van der Waals surface area contributed by atoms with Gasteiger partial charge < -0.3 is 20.3 Å². The van der Waals surface area contributed by atoms with Crippen LogP contribution in [0.15, 0.2) is 24.3 Å². The molecule has 0 radical (unpaired) electrons. The maximum absolute atomic E-state index is 13.2.